The van der Waals surface area contributed by atoms with Crippen LogP contribution in [0.3, 0.4) is 0 Å². The van der Waals surface area contributed by atoms with E-state index in [4.69, 9.17) is 5.11 Å². The second-order valence-corrected chi connectivity index (χ2v) is 1.81. The number of carbonyl (C=O) groups excluding carboxylic acids is 1. The van der Waals surface area contributed by atoms with Crippen LogP contribution in [0.4, 0.5) is 0 Å². The van der Waals surface area contributed by atoms with Crippen LogP contribution in [0.1, 0.15) is 12.8 Å². The minimum absolute atomic E-state index is 0.0554. The summed E-state index contributed by atoms with van der Waals surface area (Å²) in [6, 6.07) is 0. The second-order valence-electron chi connectivity index (χ2n) is 1.81. The summed E-state index contributed by atoms with van der Waals surface area (Å²) < 4.78 is 4.62. The van der Waals surface area contributed by atoms with E-state index in [1.54, 1.807) is 0 Å². The molecule has 2 unspecified atom stereocenters. The summed E-state index contributed by atoms with van der Waals surface area (Å²) in [6.07, 6.45) is 1.33. The Morgan fingerprint density at radius 2 is 2.38 bits per heavy atom. The molecule has 0 aromatic heterocycles. The minimum atomic E-state index is -0.588. The van der Waals surface area contributed by atoms with Crippen molar-refractivity contribution in [2.75, 3.05) is 0 Å². The predicted octanol–water partition coefficient (Wildman–Crippen LogP) is -0.317. The lowest BCUT2D eigenvalue weighted by molar-refractivity contribution is -0.108. The first kappa shape index (κ1) is 5.72. The van der Waals surface area contributed by atoms with Gasteiger partial charge in [-0.1, -0.05) is 0 Å². The normalized spacial score (nSPS) is 34.6. The molecule has 0 spiro atoms. The van der Waals surface area contributed by atoms with Crippen LogP contribution in [0.15, 0.2) is 0 Å². The van der Waals surface area contributed by atoms with Gasteiger partial charge in [0.15, 0.2) is 6.29 Å². The SMILES string of the molecule is O=CCCC1OC1O. The summed E-state index contributed by atoms with van der Waals surface area (Å²) in [5.74, 6) is 0. The van der Waals surface area contributed by atoms with E-state index in [9.17, 15) is 4.79 Å². The van der Waals surface area contributed by atoms with E-state index in [-0.39, 0.29) is 6.10 Å². The Morgan fingerprint density at radius 3 is 2.75 bits per heavy atom. The molecule has 1 aliphatic heterocycles. The Kier molecular flexibility index (Phi) is 1.60. The first-order valence-electron chi connectivity index (χ1n) is 2.62. The Bertz CT molecular complexity index is 91.7. The Labute approximate surface area is 47.3 Å². The quantitative estimate of drug-likeness (QED) is 0.406. The lowest BCUT2D eigenvalue weighted by Crippen LogP contribution is -1.91. The van der Waals surface area contributed by atoms with Crippen LogP contribution in [0.2, 0.25) is 0 Å². The lowest BCUT2D eigenvalue weighted by Gasteiger charge is -1.80. The summed E-state index contributed by atoms with van der Waals surface area (Å²) in [5.41, 5.74) is 0. The summed E-state index contributed by atoms with van der Waals surface area (Å²) in [6.45, 7) is 0. The highest BCUT2D eigenvalue weighted by Gasteiger charge is 2.35. The molecule has 1 heterocycles. The fraction of sp³-hybridized carbons (Fsp3) is 0.800. The lowest BCUT2D eigenvalue weighted by atomic mass is 10.2. The molecule has 1 saturated heterocycles. The van der Waals surface area contributed by atoms with Crippen LogP contribution in [0.5, 0.6) is 0 Å². The number of rotatable bonds is 3. The van der Waals surface area contributed by atoms with Crippen molar-refractivity contribution in [2.45, 2.75) is 25.2 Å². The van der Waals surface area contributed by atoms with Crippen molar-refractivity contribution in [1.29, 1.82) is 0 Å². The van der Waals surface area contributed by atoms with Crippen LogP contribution >= 0.6 is 0 Å². The zero-order valence-corrected chi connectivity index (χ0v) is 4.41. The van der Waals surface area contributed by atoms with Crippen LogP contribution < -0.4 is 0 Å². The van der Waals surface area contributed by atoms with E-state index in [0.29, 0.717) is 12.8 Å². The highest BCUT2D eigenvalue weighted by Crippen LogP contribution is 2.22. The third-order valence-corrected chi connectivity index (χ3v) is 1.12. The number of hydrogen-bond donors (Lipinski definition) is 1. The van der Waals surface area contributed by atoms with Crippen LogP contribution in [0, 0.1) is 0 Å². The second kappa shape index (κ2) is 2.24. The maximum absolute atomic E-state index is 9.71. The van der Waals surface area contributed by atoms with Gasteiger partial charge in [0.1, 0.15) is 12.4 Å². The highest BCUT2D eigenvalue weighted by molar-refractivity contribution is 5.49. The molecule has 0 aromatic rings. The number of carbonyl (C=O) groups is 1. The Balaban J connectivity index is 1.97. The molecule has 1 fully saturated rings. The van der Waals surface area contributed by atoms with Gasteiger partial charge in [0, 0.05) is 6.42 Å². The number of hydrogen-bond acceptors (Lipinski definition) is 3. The zero-order chi connectivity index (χ0) is 5.98. The van der Waals surface area contributed by atoms with Crippen molar-refractivity contribution < 1.29 is 14.6 Å². The van der Waals surface area contributed by atoms with Crippen molar-refractivity contribution in [3.05, 3.63) is 0 Å². The van der Waals surface area contributed by atoms with Gasteiger partial charge < -0.3 is 14.6 Å². The fourth-order valence-corrected chi connectivity index (χ4v) is 0.577. The summed E-state index contributed by atoms with van der Waals surface area (Å²) in [7, 11) is 0. The van der Waals surface area contributed by atoms with E-state index in [1.807, 2.05) is 0 Å². The van der Waals surface area contributed by atoms with Crippen LogP contribution in [0.25, 0.3) is 0 Å². The summed E-state index contributed by atoms with van der Waals surface area (Å²) in [4.78, 5) is 9.71. The van der Waals surface area contributed by atoms with E-state index >= 15 is 0 Å². The third kappa shape index (κ3) is 1.28. The molecule has 46 valence electrons. The smallest absolute Gasteiger partial charge is 0.181 e. The van der Waals surface area contributed by atoms with Crippen molar-refractivity contribution in [3.63, 3.8) is 0 Å². The standard InChI is InChI=1S/C5H8O3/c6-3-1-2-4-5(7)8-4/h3-5,7H,1-2H2. The molecule has 2 atom stereocenters. The molecule has 8 heavy (non-hydrogen) atoms. The number of epoxide rings is 1. The molecule has 1 rings (SSSR count). The van der Waals surface area contributed by atoms with Crippen LogP contribution in [-0.4, -0.2) is 23.8 Å². The van der Waals surface area contributed by atoms with Gasteiger partial charge >= 0.3 is 0 Å². The van der Waals surface area contributed by atoms with Gasteiger partial charge in [0.05, 0.1) is 0 Å². The van der Waals surface area contributed by atoms with E-state index in [1.165, 1.54) is 0 Å². The van der Waals surface area contributed by atoms with Gasteiger partial charge in [0.25, 0.3) is 0 Å². The Hall–Kier alpha value is -0.410. The van der Waals surface area contributed by atoms with Gasteiger partial charge in [0.2, 0.25) is 0 Å². The average Bonchev–Trinajstić information content (AvgIpc) is 2.42. The fourth-order valence-electron chi connectivity index (χ4n) is 0.577. The van der Waals surface area contributed by atoms with E-state index in [2.05, 4.69) is 4.74 Å². The van der Waals surface area contributed by atoms with Crippen molar-refractivity contribution in [1.82, 2.24) is 0 Å². The van der Waals surface area contributed by atoms with Crippen molar-refractivity contribution in [2.24, 2.45) is 0 Å². The monoisotopic (exact) mass is 116 g/mol. The number of ether oxygens (including phenoxy) is 1. The molecule has 3 nitrogen and oxygen atoms in total. The zero-order valence-electron chi connectivity index (χ0n) is 4.41. The van der Waals surface area contributed by atoms with E-state index in [0.717, 1.165) is 6.29 Å². The Morgan fingerprint density at radius 1 is 1.75 bits per heavy atom. The van der Waals surface area contributed by atoms with Crippen LogP contribution in [-0.2, 0) is 9.53 Å². The van der Waals surface area contributed by atoms with E-state index < -0.39 is 6.29 Å². The number of aldehydes is 1. The molecule has 0 aliphatic carbocycles. The molecule has 1 N–H and O–H groups in total. The third-order valence-electron chi connectivity index (χ3n) is 1.12. The van der Waals surface area contributed by atoms with Gasteiger partial charge in [-0.3, -0.25) is 0 Å². The molecule has 1 aliphatic rings. The molecule has 0 aromatic carbocycles. The largest absolute Gasteiger partial charge is 0.366 e. The summed E-state index contributed by atoms with van der Waals surface area (Å²) in [5, 5.41) is 8.51. The van der Waals surface area contributed by atoms with Gasteiger partial charge in [-0.25, -0.2) is 0 Å². The first-order chi connectivity index (χ1) is 3.84. The molecule has 0 radical (unpaired) electrons. The van der Waals surface area contributed by atoms with Gasteiger partial charge in [-0.2, -0.15) is 0 Å². The predicted molar refractivity (Wildman–Crippen MR) is 26.2 cm³/mol. The van der Waals surface area contributed by atoms with Gasteiger partial charge in [-0.05, 0) is 6.42 Å². The highest BCUT2D eigenvalue weighted by atomic mass is 16.7. The molecule has 0 bridgehead atoms. The molecule has 0 saturated carbocycles. The number of aliphatic hydroxyl groups is 1. The van der Waals surface area contributed by atoms with Crippen molar-refractivity contribution >= 4 is 6.29 Å². The topological polar surface area (TPSA) is 49.8 Å². The first-order valence-corrected chi connectivity index (χ1v) is 2.62. The summed E-state index contributed by atoms with van der Waals surface area (Å²) >= 11 is 0. The molecular formula is C5H8O3. The number of aliphatic hydroxyl groups excluding tert-OH is 1. The maximum Gasteiger partial charge on any atom is 0.181 e. The van der Waals surface area contributed by atoms with Crippen molar-refractivity contribution in [3.8, 4) is 0 Å². The maximum atomic E-state index is 9.71. The average molecular weight is 116 g/mol. The minimum Gasteiger partial charge on any atom is -0.366 e. The molecule has 0 amide bonds. The molecular weight excluding hydrogens is 108 g/mol. The molecule has 3 heteroatoms. The van der Waals surface area contributed by atoms with Gasteiger partial charge in [-0.15, -0.1) is 0 Å².